The smallest absolute Gasteiger partial charge is 0.0961 e. The van der Waals surface area contributed by atoms with Gasteiger partial charge < -0.3 is 19.8 Å². The first-order valence-corrected chi connectivity index (χ1v) is 14.1. The molecule has 3 spiro atoms. The van der Waals surface area contributed by atoms with Gasteiger partial charge in [0.05, 0.1) is 29.1 Å². The van der Waals surface area contributed by atoms with E-state index in [4.69, 9.17) is 4.74 Å². The largest absolute Gasteiger partial charge is 0.390 e. The fraction of sp³-hybridized carbons (Fsp3) is 0.594. The molecule has 37 heavy (non-hydrogen) atoms. The number of benzene rings is 1. The number of hydrogen-bond donors (Lipinski definition) is 2. The molecule has 0 amide bonds. The molecule has 4 fully saturated rings. The first-order chi connectivity index (χ1) is 17.7. The fourth-order valence-corrected chi connectivity index (χ4v) is 9.80. The Morgan fingerprint density at radius 1 is 1.16 bits per heavy atom. The average Bonchev–Trinajstić information content (AvgIpc) is 3.41. The predicted octanol–water partition coefficient (Wildman–Crippen LogP) is 5.16. The van der Waals surface area contributed by atoms with E-state index in [1.165, 1.54) is 16.7 Å². The van der Waals surface area contributed by atoms with Gasteiger partial charge in [-0.1, -0.05) is 43.4 Å². The van der Waals surface area contributed by atoms with Crippen LogP contribution in [0, 0.1) is 22.7 Å². The van der Waals surface area contributed by atoms with E-state index in [9.17, 15) is 10.2 Å². The van der Waals surface area contributed by atoms with Gasteiger partial charge in [0.25, 0.3) is 0 Å². The zero-order valence-corrected chi connectivity index (χ0v) is 22.6. The molecule has 6 aliphatic rings. The lowest BCUT2D eigenvalue weighted by Crippen LogP contribution is -2.67. The van der Waals surface area contributed by atoms with Crippen LogP contribution < -0.4 is 0 Å². The van der Waals surface area contributed by atoms with Crippen molar-refractivity contribution in [3.05, 3.63) is 53.1 Å². The van der Waals surface area contributed by atoms with Crippen molar-refractivity contribution >= 4 is 24.1 Å². The van der Waals surface area contributed by atoms with Gasteiger partial charge in [0.15, 0.2) is 0 Å². The van der Waals surface area contributed by atoms with Crippen molar-refractivity contribution in [2.45, 2.75) is 81.8 Å². The van der Waals surface area contributed by atoms with E-state index in [1.807, 2.05) is 27.1 Å². The SMILES string of the molecule is C=Nc1cc(C2=CCC3C2(C)CC=C2C4CC45C(O)C(O)C(N(C)C)CC54CCC23O4)ccc1C=CC. The zero-order chi connectivity index (χ0) is 26.0. The van der Waals surface area contributed by atoms with E-state index in [-0.39, 0.29) is 28.1 Å². The molecule has 1 aromatic rings. The third-order valence-corrected chi connectivity index (χ3v) is 11.6. The molecule has 2 aliphatic heterocycles. The van der Waals surface area contributed by atoms with Gasteiger partial charge in [-0.25, -0.2) is 0 Å². The van der Waals surface area contributed by atoms with Crippen LogP contribution in [0.15, 0.2) is 47.0 Å². The topological polar surface area (TPSA) is 65.3 Å². The Morgan fingerprint density at radius 3 is 2.70 bits per heavy atom. The van der Waals surface area contributed by atoms with Crippen LogP contribution in [-0.2, 0) is 4.74 Å². The Morgan fingerprint density at radius 2 is 1.97 bits per heavy atom. The summed E-state index contributed by atoms with van der Waals surface area (Å²) in [7, 11) is 4.02. The van der Waals surface area contributed by atoms with Crippen molar-refractivity contribution in [3.63, 3.8) is 0 Å². The molecule has 2 bridgehead atoms. The third-order valence-electron chi connectivity index (χ3n) is 11.6. The number of allylic oxidation sites excluding steroid dienone is 4. The molecule has 0 aromatic heterocycles. The van der Waals surface area contributed by atoms with Crippen LogP contribution in [0.3, 0.4) is 0 Å². The molecule has 2 N–H and O–H groups in total. The molecule has 2 saturated carbocycles. The molecule has 1 aromatic carbocycles. The minimum Gasteiger partial charge on any atom is -0.390 e. The van der Waals surface area contributed by atoms with E-state index in [2.05, 4.69) is 60.0 Å². The lowest BCUT2D eigenvalue weighted by atomic mass is 9.57. The number of rotatable bonds is 4. The average molecular weight is 501 g/mol. The fourth-order valence-electron chi connectivity index (χ4n) is 9.80. The monoisotopic (exact) mass is 500 g/mol. The van der Waals surface area contributed by atoms with Crippen molar-refractivity contribution in [3.8, 4) is 0 Å². The molecule has 7 rings (SSSR count). The van der Waals surface area contributed by atoms with Gasteiger partial charge in [-0.15, -0.1) is 0 Å². The van der Waals surface area contributed by atoms with Crippen LogP contribution >= 0.6 is 0 Å². The Bertz CT molecular complexity index is 1280. The zero-order valence-electron chi connectivity index (χ0n) is 22.6. The molecule has 0 radical (unpaired) electrons. The maximum Gasteiger partial charge on any atom is 0.0961 e. The van der Waals surface area contributed by atoms with Crippen LogP contribution in [0.25, 0.3) is 11.6 Å². The number of hydrogen-bond acceptors (Lipinski definition) is 5. The standard InChI is InChI=1S/C32H40N2O3/c1-6-7-19-8-9-20(16-24(19)33-3)21-10-11-26-29(21,2)13-12-22-23-17-31(23)28(36)27(35)25(34(4)5)18-30(31)14-15-32(22,26)37-30/h6-10,12,16,23,25-28,35-36H,3,11,13-15,17-18H2,1-2,4-5H3. The minimum absolute atomic E-state index is 0.0157. The maximum atomic E-state index is 11.5. The highest BCUT2D eigenvalue weighted by atomic mass is 16.5. The Balaban J connectivity index is 1.28. The minimum atomic E-state index is -0.735. The van der Waals surface area contributed by atoms with Gasteiger partial charge in [0, 0.05) is 22.8 Å². The number of aliphatic hydroxyl groups excluding tert-OH is 2. The summed E-state index contributed by atoms with van der Waals surface area (Å²) in [6.45, 7) is 8.29. The van der Waals surface area contributed by atoms with E-state index >= 15 is 0 Å². The molecule has 5 heteroatoms. The molecule has 2 saturated heterocycles. The van der Waals surface area contributed by atoms with Crippen LogP contribution in [0.1, 0.15) is 63.5 Å². The summed E-state index contributed by atoms with van der Waals surface area (Å²) in [4.78, 5) is 6.41. The second-order valence-electron chi connectivity index (χ2n) is 13.1. The van der Waals surface area contributed by atoms with Gasteiger partial charge >= 0.3 is 0 Å². The van der Waals surface area contributed by atoms with Gasteiger partial charge in [0.1, 0.15) is 0 Å². The second-order valence-corrected chi connectivity index (χ2v) is 13.1. The molecule has 4 aliphatic carbocycles. The van der Waals surface area contributed by atoms with E-state index < -0.39 is 12.2 Å². The van der Waals surface area contributed by atoms with Crippen molar-refractivity contribution in [2.24, 2.45) is 27.7 Å². The highest BCUT2D eigenvalue weighted by Crippen LogP contribution is 2.81. The lowest BCUT2D eigenvalue weighted by Gasteiger charge is -2.59. The quantitative estimate of drug-likeness (QED) is 0.443. The predicted molar refractivity (Wildman–Crippen MR) is 148 cm³/mol. The molecule has 196 valence electrons. The summed E-state index contributed by atoms with van der Waals surface area (Å²) in [5, 5.41) is 22.6. The van der Waals surface area contributed by atoms with E-state index in [1.54, 1.807) is 0 Å². The molecule has 2 heterocycles. The summed E-state index contributed by atoms with van der Waals surface area (Å²) in [5.74, 6) is 0.715. The van der Waals surface area contributed by atoms with Crippen molar-refractivity contribution in [1.82, 2.24) is 4.90 Å². The number of ether oxygens (including phenoxy) is 1. The molecule has 9 unspecified atom stereocenters. The van der Waals surface area contributed by atoms with Gasteiger partial charge in [0.2, 0.25) is 0 Å². The lowest BCUT2D eigenvalue weighted by molar-refractivity contribution is -0.248. The van der Waals surface area contributed by atoms with Crippen molar-refractivity contribution in [2.75, 3.05) is 14.1 Å². The van der Waals surface area contributed by atoms with Crippen LogP contribution in [0.4, 0.5) is 5.69 Å². The van der Waals surface area contributed by atoms with Crippen LogP contribution in [0.5, 0.6) is 0 Å². The molecule has 5 nitrogen and oxygen atoms in total. The molecular formula is C32H40N2O3. The molecular weight excluding hydrogens is 460 g/mol. The highest BCUT2D eigenvalue weighted by Gasteiger charge is 2.84. The first kappa shape index (κ1) is 24.0. The summed E-state index contributed by atoms with van der Waals surface area (Å²) in [6.07, 6.45) is 13.3. The van der Waals surface area contributed by atoms with E-state index in [0.717, 1.165) is 49.8 Å². The number of fused-ring (bicyclic) bond motifs is 2. The Hall–Kier alpha value is -2.05. The van der Waals surface area contributed by atoms with Gasteiger partial charge in [-0.2, -0.15) is 0 Å². The van der Waals surface area contributed by atoms with Crippen molar-refractivity contribution in [1.29, 1.82) is 0 Å². The first-order valence-electron chi connectivity index (χ1n) is 14.1. The maximum absolute atomic E-state index is 11.5. The number of aliphatic hydroxyl groups is 2. The normalized spacial score (nSPS) is 47.2. The number of likely N-dealkylation sites (N-methyl/N-ethyl adjacent to an activating group) is 1. The van der Waals surface area contributed by atoms with Crippen molar-refractivity contribution < 1.29 is 14.9 Å². The Kier molecular flexibility index (Phi) is 4.89. The number of aliphatic imine (C=N–C) groups is 1. The summed E-state index contributed by atoms with van der Waals surface area (Å²) < 4.78 is 7.45. The summed E-state index contributed by atoms with van der Waals surface area (Å²) in [6, 6.07) is 6.51. The van der Waals surface area contributed by atoms with Gasteiger partial charge in [-0.3, -0.25) is 4.99 Å². The third kappa shape index (κ3) is 2.72. The number of nitrogens with zero attached hydrogens (tertiary/aromatic N) is 2. The highest BCUT2D eigenvalue weighted by molar-refractivity contribution is 5.79. The summed E-state index contributed by atoms with van der Waals surface area (Å²) in [5.41, 5.74) is 5.15. The Labute approximate surface area is 220 Å². The van der Waals surface area contributed by atoms with E-state index in [0.29, 0.717) is 11.8 Å². The molecule has 9 atom stereocenters. The van der Waals surface area contributed by atoms with Crippen LogP contribution in [0.2, 0.25) is 0 Å². The van der Waals surface area contributed by atoms with Gasteiger partial charge in [-0.05, 0) is 101 Å². The summed E-state index contributed by atoms with van der Waals surface area (Å²) >= 11 is 0. The van der Waals surface area contributed by atoms with Crippen LogP contribution in [-0.4, -0.2) is 65.4 Å². The second kappa shape index (κ2) is 7.53.